The van der Waals surface area contributed by atoms with Crippen LogP contribution in [0.4, 0.5) is 0 Å². The lowest BCUT2D eigenvalue weighted by Gasteiger charge is -2.18. The van der Waals surface area contributed by atoms with Crippen LogP contribution in [0.1, 0.15) is 24.1 Å². The van der Waals surface area contributed by atoms with E-state index < -0.39 is 0 Å². The molecular formula is C21H23NO2. The average molecular weight is 321 g/mol. The molecule has 0 aliphatic rings. The van der Waals surface area contributed by atoms with Crippen molar-refractivity contribution in [1.82, 2.24) is 5.32 Å². The summed E-state index contributed by atoms with van der Waals surface area (Å²) in [7, 11) is 3.34. The van der Waals surface area contributed by atoms with Gasteiger partial charge in [0.2, 0.25) is 0 Å². The Bertz CT molecular complexity index is 824. The fourth-order valence-electron chi connectivity index (χ4n) is 3.09. The summed E-state index contributed by atoms with van der Waals surface area (Å²) in [6.45, 7) is 2.90. The predicted octanol–water partition coefficient (Wildman–Crippen LogP) is 4.71. The Balaban J connectivity index is 1.82. The molecule has 3 aromatic carbocycles. The second-order valence-electron chi connectivity index (χ2n) is 5.82. The van der Waals surface area contributed by atoms with Gasteiger partial charge < -0.3 is 14.8 Å². The van der Waals surface area contributed by atoms with E-state index in [9.17, 15) is 0 Å². The van der Waals surface area contributed by atoms with Crippen molar-refractivity contribution in [3.8, 4) is 11.5 Å². The van der Waals surface area contributed by atoms with E-state index in [1.54, 1.807) is 14.2 Å². The lowest BCUT2D eigenvalue weighted by Crippen LogP contribution is -2.18. The standard InChI is InChI=1S/C21H23NO2/c1-15(18-12-6-9-16-8-4-5-11-19(16)18)22-14-17-10-7-13-20(23-2)21(17)24-3/h4-13,15,22H,14H2,1-3H3. The monoisotopic (exact) mass is 321 g/mol. The minimum Gasteiger partial charge on any atom is -0.493 e. The first-order valence-electron chi connectivity index (χ1n) is 8.15. The number of para-hydroxylation sites is 1. The van der Waals surface area contributed by atoms with E-state index in [-0.39, 0.29) is 6.04 Å². The molecule has 0 amide bonds. The zero-order valence-electron chi connectivity index (χ0n) is 14.4. The molecule has 0 saturated heterocycles. The van der Waals surface area contributed by atoms with Crippen LogP contribution in [0.2, 0.25) is 0 Å². The number of fused-ring (bicyclic) bond motifs is 1. The van der Waals surface area contributed by atoms with E-state index in [1.807, 2.05) is 12.1 Å². The van der Waals surface area contributed by atoms with Gasteiger partial charge in [-0.15, -0.1) is 0 Å². The molecule has 0 bridgehead atoms. The summed E-state index contributed by atoms with van der Waals surface area (Å²) >= 11 is 0. The summed E-state index contributed by atoms with van der Waals surface area (Å²) in [6, 6.07) is 21.1. The van der Waals surface area contributed by atoms with Crippen molar-refractivity contribution in [2.75, 3.05) is 14.2 Å². The Hall–Kier alpha value is -2.52. The van der Waals surface area contributed by atoms with Gasteiger partial charge in [0.25, 0.3) is 0 Å². The van der Waals surface area contributed by atoms with Crippen molar-refractivity contribution in [1.29, 1.82) is 0 Å². The van der Waals surface area contributed by atoms with E-state index in [2.05, 4.69) is 60.8 Å². The summed E-state index contributed by atoms with van der Waals surface area (Å²) in [5.74, 6) is 1.55. The van der Waals surface area contributed by atoms with Gasteiger partial charge in [-0.2, -0.15) is 0 Å². The molecule has 0 radical (unpaired) electrons. The van der Waals surface area contributed by atoms with E-state index in [1.165, 1.54) is 16.3 Å². The van der Waals surface area contributed by atoms with Gasteiger partial charge >= 0.3 is 0 Å². The smallest absolute Gasteiger partial charge is 0.165 e. The first-order valence-corrected chi connectivity index (χ1v) is 8.15. The Morgan fingerprint density at radius 1 is 0.875 bits per heavy atom. The topological polar surface area (TPSA) is 30.5 Å². The van der Waals surface area contributed by atoms with Crippen LogP contribution < -0.4 is 14.8 Å². The van der Waals surface area contributed by atoms with Crippen LogP contribution in [0.15, 0.2) is 60.7 Å². The van der Waals surface area contributed by atoms with Gasteiger partial charge in [-0.05, 0) is 29.3 Å². The Morgan fingerprint density at radius 3 is 2.42 bits per heavy atom. The highest BCUT2D eigenvalue weighted by Crippen LogP contribution is 2.31. The van der Waals surface area contributed by atoms with E-state index >= 15 is 0 Å². The first-order chi connectivity index (χ1) is 11.7. The van der Waals surface area contributed by atoms with Crippen molar-refractivity contribution < 1.29 is 9.47 Å². The summed E-state index contributed by atoms with van der Waals surface area (Å²) in [5.41, 5.74) is 2.39. The van der Waals surface area contributed by atoms with Crippen molar-refractivity contribution in [3.05, 3.63) is 71.8 Å². The van der Waals surface area contributed by atoms with E-state index in [0.29, 0.717) is 6.54 Å². The fraction of sp³-hybridized carbons (Fsp3) is 0.238. The van der Waals surface area contributed by atoms with Crippen LogP contribution in [0.5, 0.6) is 11.5 Å². The molecule has 124 valence electrons. The molecule has 1 N–H and O–H groups in total. The van der Waals surface area contributed by atoms with Crippen molar-refractivity contribution in [3.63, 3.8) is 0 Å². The lowest BCUT2D eigenvalue weighted by atomic mass is 9.99. The van der Waals surface area contributed by atoms with Crippen LogP contribution in [0, 0.1) is 0 Å². The van der Waals surface area contributed by atoms with Crippen LogP contribution in [-0.4, -0.2) is 14.2 Å². The first kappa shape index (κ1) is 16.3. The van der Waals surface area contributed by atoms with E-state index in [4.69, 9.17) is 9.47 Å². The second kappa shape index (κ2) is 7.37. The molecule has 3 nitrogen and oxygen atoms in total. The summed E-state index contributed by atoms with van der Waals surface area (Å²) < 4.78 is 10.9. The predicted molar refractivity (Wildman–Crippen MR) is 98.7 cm³/mol. The maximum atomic E-state index is 5.51. The normalized spacial score (nSPS) is 12.1. The molecule has 0 saturated carbocycles. The molecule has 0 aliphatic carbocycles. The molecule has 0 fully saturated rings. The maximum Gasteiger partial charge on any atom is 0.165 e. The average Bonchev–Trinajstić information content (AvgIpc) is 2.65. The zero-order valence-corrected chi connectivity index (χ0v) is 14.4. The number of hydrogen-bond donors (Lipinski definition) is 1. The van der Waals surface area contributed by atoms with Crippen LogP contribution in [0.25, 0.3) is 10.8 Å². The summed E-state index contributed by atoms with van der Waals surface area (Å²) in [6.07, 6.45) is 0. The molecule has 0 spiro atoms. The number of methoxy groups -OCH3 is 2. The molecular weight excluding hydrogens is 298 g/mol. The van der Waals surface area contributed by atoms with Gasteiger partial charge in [0.1, 0.15) is 0 Å². The van der Waals surface area contributed by atoms with Crippen molar-refractivity contribution in [2.24, 2.45) is 0 Å². The molecule has 3 aromatic rings. The summed E-state index contributed by atoms with van der Waals surface area (Å²) in [4.78, 5) is 0. The van der Waals surface area contributed by atoms with Crippen molar-refractivity contribution in [2.45, 2.75) is 19.5 Å². The molecule has 0 aromatic heterocycles. The number of nitrogens with one attached hydrogen (secondary N) is 1. The van der Waals surface area contributed by atoms with Gasteiger partial charge in [0.05, 0.1) is 14.2 Å². The third kappa shape index (κ3) is 3.22. The number of ether oxygens (including phenoxy) is 2. The SMILES string of the molecule is COc1cccc(CNC(C)c2cccc3ccccc23)c1OC. The van der Waals surface area contributed by atoms with Gasteiger partial charge in [-0.3, -0.25) is 0 Å². The lowest BCUT2D eigenvalue weighted by molar-refractivity contribution is 0.350. The molecule has 1 atom stereocenters. The molecule has 0 heterocycles. The Kier molecular flexibility index (Phi) is 5.02. The highest BCUT2D eigenvalue weighted by molar-refractivity contribution is 5.86. The van der Waals surface area contributed by atoms with Gasteiger partial charge in [-0.1, -0.05) is 54.6 Å². The molecule has 3 heteroatoms. The summed E-state index contributed by atoms with van der Waals surface area (Å²) in [5, 5.41) is 6.15. The second-order valence-corrected chi connectivity index (χ2v) is 5.82. The minimum atomic E-state index is 0.229. The van der Waals surface area contributed by atoms with Gasteiger partial charge in [0, 0.05) is 18.2 Å². The Morgan fingerprint density at radius 2 is 1.62 bits per heavy atom. The highest BCUT2D eigenvalue weighted by atomic mass is 16.5. The van der Waals surface area contributed by atoms with Gasteiger partial charge in [-0.25, -0.2) is 0 Å². The largest absolute Gasteiger partial charge is 0.493 e. The molecule has 1 unspecified atom stereocenters. The highest BCUT2D eigenvalue weighted by Gasteiger charge is 2.12. The number of rotatable bonds is 6. The third-order valence-corrected chi connectivity index (χ3v) is 4.37. The quantitative estimate of drug-likeness (QED) is 0.713. The fourth-order valence-corrected chi connectivity index (χ4v) is 3.09. The zero-order chi connectivity index (χ0) is 16.9. The van der Waals surface area contributed by atoms with Crippen LogP contribution in [-0.2, 0) is 6.54 Å². The Labute approximate surface area is 143 Å². The van der Waals surface area contributed by atoms with Gasteiger partial charge in [0.15, 0.2) is 11.5 Å². The van der Waals surface area contributed by atoms with Crippen molar-refractivity contribution >= 4 is 10.8 Å². The minimum absolute atomic E-state index is 0.229. The van der Waals surface area contributed by atoms with E-state index in [0.717, 1.165) is 17.1 Å². The molecule has 24 heavy (non-hydrogen) atoms. The number of benzene rings is 3. The maximum absolute atomic E-state index is 5.51. The van der Waals surface area contributed by atoms with Crippen LogP contribution in [0.3, 0.4) is 0 Å². The molecule has 3 rings (SSSR count). The third-order valence-electron chi connectivity index (χ3n) is 4.37. The molecule has 0 aliphatic heterocycles. The number of hydrogen-bond acceptors (Lipinski definition) is 3. The van der Waals surface area contributed by atoms with Crippen LogP contribution >= 0.6 is 0 Å².